The molecule has 2 nitrogen and oxygen atoms in total. The van der Waals surface area contributed by atoms with Crippen LogP contribution in [0.3, 0.4) is 0 Å². The standard InChI is InChI=1S/C13H20I2O2/c1-8(12(14)16)9-5-6-10-11(17-15)4-3-7-13(9,10)2/h8-11H,3-7H2,1-2H3/t8-,9?,10?,11?,13?/m0/s1. The highest BCUT2D eigenvalue weighted by Gasteiger charge is 2.53. The van der Waals surface area contributed by atoms with Crippen molar-refractivity contribution in [2.45, 2.75) is 52.1 Å². The molecule has 2 rings (SSSR count). The Bertz CT molecular complexity index is 308. The summed E-state index contributed by atoms with van der Waals surface area (Å²) in [5.74, 6) is 1.43. The van der Waals surface area contributed by atoms with Crippen LogP contribution < -0.4 is 0 Å². The fourth-order valence-corrected chi connectivity index (χ4v) is 5.29. The molecule has 2 saturated carbocycles. The van der Waals surface area contributed by atoms with Gasteiger partial charge < -0.3 is 3.07 Å². The minimum absolute atomic E-state index is 0.207. The van der Waals surface area contributed by atoms with E-state index < -0.39 is 0 Å². The van der Waals surface area contributed by atoms with Crippen molar-refractivity contribution in [3.05, 3.63) is 0 Å². The maximum Gasteiger partial charge on any atom is 0.195 e. The molecule has 98 valence electrons. The molecule has 2 aliphatic carbocycles. The number of rotatable bonds is 3. The second kappa shape index (κ2) is 5.61. The highest BCUT2D eigenvalue weighted by Crippen LogP contribution is 2.58. The van der Waals surface area contributed by atoms with Crippen LogP contribution in [0, 0.1) is 23.2 Å². The molecule has 0 N–H and O–H groups in total. The molecule has 0 aromatic rings. The van der Waals surface area contributed by atoms with E-state index in [-0.39, 0.29) is 5.92 Å². The summed E-state index contributed by atoms with van der Waals surface area (Å²) in [7, 11) is 0. The lowest BCUT2D eigenvalue weighted by atomic mass is 9.62. The molecule has 2 aliphatic rings. The first-order valence-corrected chi connectivity index (χ1v) is 8.43. The normalized spacial score (nSPS) is 43.2. The van der Waals surface area contributed by atoms with Crippen LogP contribution in [0.15, 0.2) is 0 Å². The summed E-state index contributed by atoms with van der Waals surface area (Å²) in [6, 6.07) is 0. The van der Waals surface area contributed by atoms with Gasteiger partial charge in [0.25, 0.3) is 0 Å². The lowest BCUT2D eigenvalue weighted by Crippen LogP contribution is -2.42. The van der Waals surface area contributed by atoms with E-state index in [1.165, 1.54) is 32.1 Å². The predicted molar refractivity (Wildman–Crippen MR) is 85.3 cm³/mol. The smallest absolute Gasteiger partial charge is 0.195 e. The third-order valence-electron chi connectivity index (χ3n) is 5.21. The Labute approximate surface area is 131 Å². The maximum absolute atomic E-state index is 11.7. The Morgan fingerprint density at radius 2 is 2.12 bits per heavy atom. The Balaban J connectivity index is 2.20. The van der Waals surface area contributed by atoms with Gasteiger partial charge in [-0.2, -0.15) is 0 Å². The van der Waals surface area contributed by atoms with Gasteiger partial charge >= 0.3 is 0 Å². The summed E-state index contributed by atoms with van der Waals surface area (Å²) >= 11 is 4.03. The number of hydrogen-bond acceptors (Lipinski definition) is 2. The van der Waals surface area contributed by atoms with Crippen molar-refractivity contribution in [3.63, 3.8) is 0 Å². The summed E-state index contributed by atoms with van der Waals surface area (Å²) in [4.78, 5) is 11.7. The average molecular weight is 462 g/mol. The zero-order valence-corrected chi connectivity index (χ0v) is 14.7. The first-order valence-electron chi connectivity index (χ1n) is 6.47. The predicted octanol–water partition coefficient (Wildman–Crippen LogP) is 4.54. The quantitative estimate of drug-likeness (QED) is 0.455. The zero-order valence-electron chi connectivity index (χ0n) is 10.4. The fraction of sp³-hybridized carbons (Fsp3) is 0.923. The van der Waals surface area contributed by atoms with Crippen LogP contribution in [-0.4, -0.2) is 9.89 Å². The molecule has 2 fully saturated rings. The van der Waals surface area contributed by atoms with Crippen molar-refractivity contribution in [1.82, 2.24) is 0 Å². The van der Waals surface area contributed by atoms with E-state index >= 15 is 0 Å². The van der Waals surface area contributed by atoms with Crippen LogP contribution in [0.4, 0.5) is 0 Å². The topological polar surface area (TPSA) is 26.3 Å². The number of carbonyl (C=O) groups is 1. The minimum Gasteiger partial charge on any atom is -0.312 e. The Hall–Kier alpha value is 1.09. The van der Waals surface area contributed by atoms with E-state index in [0.29, 0.717) is 27.1 Å². The lowest BCUT2D eigenvalue weighted by molar-refractivity contribution is -0.116. The van der Waals surface area contributed by atoms with E-state index in [4.69, 9.17) is 3.07 Å². The monoisotopic (exact) mass is 462 g/mol. The molecule has 5 atom stereocenters. The van der Waals surface area contributed by atoms with Gasteiger partial charge in [-0.05, 0) is 65.5 Å². The third kappa shape index (κ3) is 2.55. The molecule has 4 unspecified atom stereocenters. The van der Waals surface area contributed by atoms with Crippen LogP contribution in [0.1, 0.15) is 46.0 Å². The summed E-state index contributed by atoms with van der Waals surface area (Å²) < 4.78 is 5.97. The zero-order chi connectivity index (χ0) is 12.6. The van der Waals surface area contributed by atoms with E-state index in [9.17, 15) is 4.79 Å². The largest absolute Gasteiger partial charge is 0.312 e. The van der Waals surface area contributed by atoms with Crippen molar-refractivity contribution in [2.24, 2.45) is 23.2 Å². The first-order chi connectivity index (χ1) is 8.00. The summed E-state index contributed by atoms with van der Waals surface area (Å²) in [6.45, 7) is 4.51. The SMILES string of the molecule is C[C@H](C(=O)I)C1CCC2C(OI)CCCC21C. The van der Waals surface area contributed by atoms with Gasteiger partial charge in [-0.25, -0.2) is 0 Å². The van der Waals surface area contributed by atoms with Crippen molar-refractivity contribution >= 4 is 49.4 Å². The molecule has 0 aromatic carbocycles. The molecule has 0 radical (unpaired) electrons. The minimum atomic E-state index is 0.207. The van der Waals surface area contributed by atoms with Gasteiger partial charge in [-0.1, -0.05) is 20.3 Å². The summed E-state index contributed by atoms with van der Waals surface area (Å²) in [6.07, 6.45) is 6.57. The van der Waals surface area contributed by atoms with Crippen molar-refractivity contribution in [3.8, 4) is 0 Å². The molecule has 0 bridgehead atoms. The Kier molecular flexibility index (Phi) is 4.78. The lowest BCUT2D eigenvalue weighted by Gasteiger charge is -2.45. The van der Waals surface area contributed by atoms with E-state index in [1.807, 2.05) is 22.6 Å². The summed E-state index contributed by atoms with van der Waals surface area (Å²) in [5.41, 5.74) is 0.328. The Morgan fingerprint density at radius 3 is 2.71 bits per heavy atom. The molecule has 17 heavy (non-hydrogen) atoms. The molecule has 0 aromatic heterocycles. The van der Waals surface area contributed by atoms with Crippen LogP contribution in [-0.2, 0) is 7.86 Å². The van der Waals surface area contributed by atoms with Gasteiger partial charge in [-0.3, -0.25) is 4.79 Å². The van der Waals surface area contributed by atoms with Gasteiger partial charge in [0.05, 0.1) is 6.10 Å². The van der Waals surface area contributed by atoms with Crippen molar-refractivity contribution < 1.29 is 7.86 Å². The second-order valence-electron chi connectivity index (χ2n) is 5.91. The van der Waals surface area contributed by atoms with Crippen molar-refractivity contribution in [2.75, 3.05) is 0 Å². The average Bonchev–Trinajstić information content (AvgIpc) is 2.64. The molecular formula is C13H20I2O2. The molecule has 0 amide bonds. The molecule has 4 heteroatoms. The third-order valence-corrected chi connectivity index (χ3v) is 6.85. The van der Waals surface area contributed by atoms with Crippen LogP contribution in [0.5, 0.6) is 0 Å². The highest BCUT2D eigenvalue weighted by atomic mass is 127. The second-order valence-corrected chi connectivity index (χ2v) is 7.48. The van der Waals surface area contributed by atoms with Crippen LogP contribution in [0.25, 0.3) is 0 Å². The van der Waals surface area contributed by atoms with Gasteiger partial charge in [-0.15, -0.1) is 0 Å². The number of carbonyl (C=O) groups excluding carboxylic acids is 1. The van der Waals surface area contributed by atoms with Gasteiger partial charge in [0, 0.05) is 5.92 Å². The summed E-state index contributed by atoms with van der Waals surface area (Å²) in [5, 5.41) is 0. The first kappa shape index (κ1) is 14.5. The van der Waals surface area contributed by atoms with Gasteiger partial charge in [0.1, 0.15) is 23.0 Å². The molecule has 0 saturated heterocycles. The highest BCUT2D eigenvalue weighted by molar-refractivity contribution is 14.1. The number of hydrogen-bond donors (Lipinski definition) is 0. The van der Waals surface area contributed by atoms with E-state index in [1.54, 1.807) is 0 Å². The number of halogens is 2. The molecule has 0 heterocycles. The van der Waals surface area contributed by atoms with Gasteiger partial charge in [0.2, 0.25) is 0 Å². The molecule has 0 spiro atoms. The molecule has 0 aliphatic heterocycles. The number of fused-ring (bicyclic) bond motifs is 1. The van der Waals surface area contributed by atoms with Gasteiger partial charge in [0.15, 0.2) is 3.79 Å². The van der Waals surface area contributed by atoms with E-state index in [0.717, 1.165) is 0 Å². The van der Waals surface area contributed by atoms with Crippen LogP contribution in [0.2, 0.25) is 0 Å². The molecular weight excluding hydrogens is 442 g/mol. The Morgan fingerprint density at radius 1 is 1.41 bits per heavy atom. The van der Waals surface area contributed by atoms with Crippen molar-refractivity contribution in [1.29, 1.82) is 0 Å². The maximum atomic E-state index is 11.7. The fourth-order valence-electron chi connectivity index (χ4n) is 4.25. The van der Waals surface area contributed by atoms with Crippen LogP contribution >= 0.6 is 45.6 Å². The van der Waals surface area contributed by atoms with E-state index in [2.05, 4.69) is 36.9 Å².